The zero-order chi connectivity index (χ0) is 26.4. The highest BCUT2D eigenvalue weighted by Crippen LogP contribution is 2.04. The zero-order valence-corrected chi connectivity index (χ0v) is 19.7. The minimum Gasteiger partial charge on any atom is -0.480 e. The molecule has 0 spiro atoms. The number of amides is 4. The van der Waals surface area contributed by atoms with E-state index in [9.17, 15) is 29.1 Å². The number of rotatable bonds is 16. The van der Waals surface area contributed by atoms with Crippen LogP contribution in [-0.4, -0.2) is 88.3 Å². The Morgan fingerprint density at radius 2 is 1.53 bits per heavy atom. The van der Waals surface area contributed by atoms with E-state index < -0.39 is 59.9 Å². The topological polar surface area (TPSA) is 278 Å². The number of aliphatic hydroxyl groups is 1. The van der Waals surface area contributed by atoms with Crippen LogP contribution in [0.2, 0.25) is 0 Å². The minimum absolute atomic E-state index is 0.0272. The lowest BCUT2D eigenvalue weighted by Crippen LogP contribution is -2.60. The maximum absolute atomic E-state index is 12.9. The van der Waals surface area contributed by atoms with Crippen LogP contribution in [-0.2, 0) is 24.0 Å². The highest BCUT2D eigenvalue weighted by molar-refractivity contribution is 7.80. The smallest absolute Gasteiger partial charge is 0.327 e. The van der Waals surface area contributed by atoms with Crippen molar-refractivity contribution in [2.45, 2.75) is 62.9 Å². The van der Waals surface area contributed by atoms with E-state index in [0.717, 1.165) is 0 Å². The molecule has 0 aliphatic carbocycles. The molecule has 16 heteroatoms. The number of nitrogens with one attached hydrogen (secondary N) is 3. The molecule has 4 amide bonds. The molecular weight excluding hydrogens is 472 g/mol. The molecule has 194 valence electrons. The Hall–Kier alpha value is -3.11. The highest BCUT2D eigenvalue weighted by atomic mass is 32.1. The van der Waals surface area contributed by atoms with Crippen LogP contribution in [0.3, 0.4) is 0 Å². The molecule has 13 N–H and O–H groups in total. The highest BCUT2D eigenvalue weighted by Gasteiger charge is 2.32. The average Bonchev–Trinajstić information content (AvgIpc) is 2.74. The number of carbonyl (C=O) groups is 5. The maximum atomic E-state index is 12.9. The second-order valence-corrected chi connectivity index (χ2v) is 7.80. The van der Waals surface area contributed by atoms with E-state index in [1.165, 1.54) is 6.92 Å². The predicted octanol–water partition coefficient (Wildman–Crippen LogP) is -4.52. The number of carboxylic acids is 1. The number of aliphatic imine (C=N–C) groups is 1. The molecule has 5 atom stereocenters. The van der Waals surface area contributed by atoms with Gasteiger partial charge in [0.25, 0.3) is 0 Å². The van der Waals surface area contributed by atoms with Gasteiger partial charge in [-0.25, -0.2) is 4.79 Å². The lowest BCUT2D eigenvalue weighted by molar-refractivity contribution is -0.142. The van der Waals surface area contributed by atoms with Gasteiger partial charge in [0.1, 0.15) is 18.1 Å². The number of carboxylic acid groups (broad SMARTS) is 1. The van der Waals surface area contributed by atoms with Gasteiger partial charge >= 0.3 is 5.97 Å². The van der Waals surface area contributed by atoms with Gasteiger partial charge in [0.15, 0.2) is 5.96 Å². The molecule has 0 radical (unpaired) electrons. The summed E-state index contributed by atoms with van der Waals surface area (Å²) in [4.78, 5) is 63.5. The van der Waals surface area contributed by atoms with E-state index >= 15 is 0 Å². The molecule has 0 aromatic heterocycles. The molecule has 5 unspecified atom stereocenters. The predicted molar refractivity (Wildman–Crippen MR) is 125 cm³/mol. The number of thiol groups is 1. The molecule has 0 fully saturated rings. The van der Waals surface area contributed by atoms with Crippen LogP contribution in [0, 0.1) is 0 Å². The summed E-state index contributed by atoms with van der Waals surface area (Å²) in [5, 5.41) is 25.9. The van der Waals surface area contributed by atoms with Gasteiger partial charge in [-0.2, -0.15) is 12.6 Å². The number of nitrogens with two attached hydrogens (primary N) is 4. The normalized spacial score (nSPS) is 15.1. The summed E-state index contributed by atoms with van der Waals surface area (Å²) in [5.41, 5.74) is 21.3. The third-order valence-corrected chi connectivity index (χ3v) is 4.84. The van der Waals surface area contributed by atoms with Gasteiger partial charge in [0.05, 0.1) is 12.1 Å². The van der Waals surface area contributed by atoms with Crippen molar-refractivity contribution in [1.82, 2.24) is 16.0 Å². The number of hydrogen-bond acceptors (Lipinski definition) is 9. The van der Waals surface area contributed by atoms with Crippen molar-refractivity contribution in [3.8, 4) is 0 Å². The van der Waals surface area contributed by atoms with E-state index in [-0.39, 0.29) is 43.9 Å². The van der Waals surface area contributed by atoms with E-state index in [1.54, 1.807) is 0 Å². The SMILES string of the molecule is CC(O)C(NC(=O)C(CCCN=C(N)N)NC(=O)C(N)CCC(N)=O)C(=O)NC(CS)C(=O)O. The lowest BCUT2D eigenvalue weighted by Gasteiger charge is -2.26. The number of aliphatic carboxylic acids is 1. The molecule has 0 aromatic rings. The Kier molecular flexibility index (Phi) is 14.2. The summed E-state index contributed by atoms with van der Waals surface area (Å²) in [7, 11) is 0. The fourth-order valence-corrected chi connectivity index (χ4v) is 2.83. The summed E-state index contributed by atoms with van der Waals surface area (Å²) < 4.78 is 0. The fourth-order valence-electron chi connectivity index (χ4n) is 2.59. The average molecular weight is 507 g/mol. The Morgan fingerprint density at radius 3 is 2.00 bits per heavy atom. The summed E-state index contributed by atoms with van der Waals surface area (Å²) >= 11 is 3.84. The first kappa shape index (κ1) is 30.9. The van der Waals surface area contributed by atoms with Crippen LogP contribution in [0.25, 0.3) is 0 Å². The van der Waals surface area contributed by atoms with Gasteiger partial charge in [-0.05, 0) is 26.2 Å². The Labute approximate surface area is 201 Å². The number of aliphatic hydroxyl groups excluding tert-OH is 1. The van der Waals surface area contributed by atoms with Gasteiger partial charge in [-0.1, -0.05) is 0 Å². The van der Waals surface area contributed by atoms with Gasteiger partial charge in [0, 0.05) is 18.7 Å². The molecule has 0 aliphatic rings. The standard InChI is InChI=1S/C18H34N8O7S/c1-8(27)13(16(31)25-11(7-34)17(32)33)26-15(30)10(3-2-6-23-18(21)22)24-14(29)9(19)4-5-12(20)28/h8-11,13,27,34H,2-7,19H2,1H3,(H2,20,28)(H,24,29)(H,25,31)(H,26,30)(H,32,33)(H4,21,22,23). The van der Waals surface area contributed by atoms with Crippen LogP contribution >= 0.6 is 12.6 Å². The van der Waals surface area contributed by atoms with E-state index in [2.05, 4.69) is 33.6 Å². The number of primary amides is 1. The van der Waals surface area contributed by atoms with Gasteiger partial charge < -0.3 is 49.1 Å². The second kappa shape index (κ2) is 15.7. The first-order valence-electron chi connectivity index (χ1n) is 10.3. The molecule has 0 aliphatic heterocycles. The van der Waals surface area contributed by atoms with Crippen molar-refractivity contribution in [1.29, 1.82) is 0 Å². The number of carbonyl (C=O) groups excluding carboxylic acids is 4. The third-order valence-electron chi connectivity index (χ3n) is 4.48. The molecular formula is C18H34N8O7S. The molecule has 0 bridgehead atoms. The minimum atomic E-state index is -1.53. The molecule has 15 nitrogen and oxygen atoms in total. The van der Waals surface area contributed by atoms with Crippen molar-refractivity contribution < 1.29 is 34.2 Å². The second-order valence-electron chi connectivity index (χ2n) is 7.43. The Balaban J connectivity index is 5.45. The number of hydrogen-bond donors (Lipinski definition) is 10. The lowest BCUT2D eigenvalue weighted by atomic mass is 10.1. The Morgan fingerprint density at radius 1 is 0.941 bits per heavy atom. The molecule has 0 saturated carbocycles. The quantitative estimate of drug-likeness (QED) is 0.0414. The van der Waals surface area contributed by atoms with Crippen LogP contribution in [0.4, 0.5) is 0 Å². The first-order valence-corrected chi connectivity index (χ1v) is 11.0. The molecule has 0 heterocycles. The van der Waals surface area contributed by atoms with Gasteiger partial charge in [-0.15, -0.1) is 0 Å². The van der Waals surface area contributed by atoms with Crippen molar-refractivity contribution in [3.05, 3.63) is 0 Å². The first-order chi connectivity index (χ1) is 15.8. The van der Waals surface area contributed by atoms with E-state index in [4.69, 9.17) is 28.0 Å². The molecule has 0 aromatic carbocycles. The summed E-state index contributed by atoms with van der Waals surface area (Å²) in [6, 6.07) is -5.24. The maximum Gasteiger partial charge on any atom is 0.327 e. The molecule has 0 saturated heterocycles. The zero-order valence-electron chi connectivity index (χ0n) is 18.8. The molecule has 0 rings (SSSR count). The summed E-state index contributed by atoms with van der Waals surface area (Å²) in [6.07, 6.45) is -1.33. The number of guanidine groups is 1. The largest absolute Gasteiger partial charge is 0.480 e. The van der Waals surface area contributed by atoms with Crippen LogP contribution in [0.5, 0.6) is 0 Å². The fraction of sp³-hybridized carbons (Fsp3) is 0.667. The van der Waals surface area contributed by atoms with Crippen molar-refractivity contribution in [2.75, 3.05) is 12.3 Å². The van der Waals surface area contributed by atoms with Crippen molar-refractivity contribution in [3.63, 3.8) is 0 Å². The van der Waals surface area contributed by atoms with E-state index in [0.29, 0.717) is 0 Å². The van der Waals surface area contributed by atoms with Gasteiger partial charge in [0.2, 0.25) is 23.6 Å². The van der Waals surface area contributed by atoms with Crippen LogP contribution in [0.1, 0.15) is 32.6 Å². The van der Waals surface area contributed by atoms with Crippen molar-refractivity contribution in [2.24, 2.45) is 27.9 Å². The van der Waals surface area contributed by atoms with Crippen LogP contribution in [0.15, 0.2) is 4.99 Å². The van der Waals surface area contributed by atoms with E-state index in [1.807, 2.05) is 0 Å². The van der Waals surface area contributed by atoms with Crippen molar-refractivity contribution >= 4 is 48.2 Å². The molecule has 34 heavy (non-hydrogen) atoms. The monoisotopic (exact) mass is 506 g/mol. The number of nitrogens with zero attached hydrogens (tertiary/aromatic N) is 1. The van der Waals surface area contributed by atoms with Crippen LogP contribution < -0.4 is 38.9 Å². The van der Waals surface area contributed by atoms with Gasteiger partial charge in [-0.3, -0.25) is 24.2 Å². The third kappa shape index (κ3) is 12.2. The summed E-state index contributed by atoms with van der Waals surface area (Å²) in [6.45, 7) is 1.35. The Bertz CT molecular complexity index is 761. The summed E-state index contributed by atoms with van der Waals surface area (Å²) in [5.74, 6) is -4.96.